The molecule has 3 nitrogen and oxygen atoms in total. The molecule has 1 heterocycles. The number of hydrogen-bond acceptors (Lipinski definition) is 2. The molecular formula is C6H12N2O. The van der Waals surface area contributed by atoms with Gasteiger partial charge in [0.25, 0.3) is 0 Å². The molecule has 0 aliphatic carbocycles. The molecular weight excluding hydrogens is 116 g/mol. The van der Waals surface area contributed by atoms with Gasteiger partial charge in [0.2, 0.25) is 0 Å². The van der Waals surface area contributed by atoms with E-state index < -0.39 is 0 Å². The van der Waals surface area contributed by atoms with Crippen molar-refractivity contribution in [2.75, 3.05) is 13.2 Å². The summed E-state index contributed by atoms with van der Waals surface area (Å²) in [5, 5.41) is 7.01. The van der Waals surface area contributed by atoms with Gasteiger partial charge in [-0.15, -0.1) is 0 Å². The van der Waals surface area contributed by atoms with Crippen LogP contribution in [0.4, 0.5) is 0 Å². The molecule has 0 bridgehead atoms. The first-order valence-electron chi connectivity index (χ1n) is 3.03. The molecule has 0 aromatic heterocycles. The molecule has 0 radical (unpaired) electrons. The van der Waals surface area contributed by atoms with E-state index in [1.54, 1.807) is 0 Å². The number of nitrogens with two attached hydrogens (primary N) is 1. The second kappa shape index (κ2) is 1.99. The smallest absolute Gasteiger partial charge is 0.0912 e. The van der Waals surface area contributed by atoms with Crippen LogP contribution >= 0.6 is 0 Å². The number of ether oxygens (including phenoxy) is 1. The standard InChI is InChI=1S/C6H12N2O/c1-6(2-5(7)8)3-9-4-6/h2-4H2,1H3,(H3,7,8). The molecule has 1 aliphatic heterocycles. The molecule has 1 aliphatic rings. The fraction of sp³-hybridized carbons (Fsp3) is 0.833. The van der Waals surface area contributed by atoms with Gasteiger partial charge in [-0.2, -0.15) is 0 Å². The topological polar surface area (TPSA) is 59.1 Å². The molecule has 3 N–H and O–H groups in total. The summed E-state index contributed by atoms with van der Waals surface area (Å²) in [7, 11) is 0. The summed E-state index contributed by atoms with van der Waals surface area (Å²) in [5.74, 6) is 0.265. The predicted octanol–water partition coefficient (Wildman–Crippen LogP) is 0.349. The molecule has 0 spiro atoms. The van der Waals surface area contributed by atoms with Crippen LogP contribution in [0.5, 0.6) is 0 Å². The second-order valence-corrected chi connectivity index (χ2v) is 3.01. The lowest BCUT2D eigenvalue weighted by Crippen LogP contribution is -2.42. The average molecular weight is 128 g/mol. The van der Waals surface area contributed by atoms with Gasteiger partial charge in [-0.3, -0.25) is 5.41 Å². The van der Waals surface area contributed by atoms with Crippen molar-refractivity contribution in [1.29, 1.82) is 5.41 Å². The Hall–Kier alpha value is -0.570. The zero-order valence-corrected chi connectivity index (χ0v) is 5.61. The highest BCUT2D eigenvalue weighted by molar-refractivity contribution is 5.77. The van der Waals surface area contributed by atoms with Crippen LogP contribution in [0.15, 0.2) is 0 Å². The predicted molar refractivity (Wildman–Crippen MR) is 35.5 cm³/mol. The monoisotopic (exact) mass is 128 g/mol. The Labute approximate surface area is 54.7 Å². The zero-order chi connectivity index (χ0) is 6.91. The van der Waals surface area contributed by atoms with Gasteiger partial charge in [0.05, 0.1) is 19.0 Å². The van der Waals surface area contributed by atoms with E-state index in [4.69, 9.17) is 15.9 Å². The summed E-state index contributed by atoms with van der Waals surface area (Å²) in [6.45, 7) is 3.59. The van der Waals surface area contributed by atoms with Crippen molar-refractivity contribution in [3.05, 3.63) is 0 Å². The van der Waals surface area contributed by atoms with Gasteiger partial charge >= 0.3 is 0 Å². The van der Waals surface area contributed by atoms with E-state index in [1.807, 2.05) is 0 Å². The number of nitrogens with one attached hydrogen (secondary N) is 1. The molecule has 0 saturated carbocycles. The van der Waals surface area contributed by atoms with E-state index in [2.05, 4.69) is 6.92 Å². The lowest BCUT2D eigenvalue weighted by Gasteiger charge is -2.37. The van der Waals surface area contributed by atoms with E-state index in [0.717, 1.165) is 13.2 Å². The molecule has 0 atom stereocenters. The van der Waals surface area contributed by atoms with Gasteiger partial charge in [-0.1, -0.05) is 6.92 Å². The minimum atomic E-state index is 0.172. The van der Waals surface area contributed by atoms with Crippen LogP contribution < -0.4 is 5.73 Å². The fourth-order valence-corrected chi connectivity index (χ4v) is 1.01. The summed E-state index contributed by atoms with van der Waals surface area (Å²) < 4.78 is 4.99. The lowest BCUT2D eigenvalue weighted by atomic mass is 9.85. The first kappa shape index (κ1) is 6.55. The Morgan fingerprint density at radius 1 is 1.78 bits per heavy atom. The van der Waals surface area contributed by atoms with Crippen molar-refractivity contribution in [3.63, 3.8) is 0 Å². The number of amidine groups is 1. The number of rotatable bonds is 2. The summed E-state index contributed by atoms with van der Waals surface area (Å²) >= 11 is 0. The second-order valence-electron chi connectivity index (χ2n) is 3.01. The van der Waals surface area contributed by atoms with Crippen LogP contribution in [0.25, 0.3) is 0 Å². The van der Waals surface area contributed by atoms with E-state index in [0.29, 0.717) is 6.42 Å². The van der Waals surface area contributed by atoms with Crippen LogP contribution in [-0.4, -0.2) is 19.0 Å². The lowest BCUT2D eigenvalue weighted by molar-refractivity contribution is -0.0966. The average Bonchev–Trinajstić information content (AvgIpc) is 1.60. The highest BCUT2D eigenvalue weighted by Crippen LogP contribution is 2.29. The van der Waals surface area contributed by atoms with E-state index >= 15 is 0 Å². The van der Waals surface area contributed by atoms with Crippen LogP contribution in [0.2, 0.25) is 0 Å². The van der Waals surface area contributed by atoms with E-state index in [9.17, 15) is 0 Å². The largest absolute Gasteiger partial charge is 0.388 e. The maximum atomic E-state index is 7.01. The molecule has 1 fully saturated rings. The molecule has 0 amide bonds. The molecule has 1 rings (SSSR count). The molecule has 0 aromatic rings. The van der Waals surface area contributed by atoms with Crippen LogP contribution in [0.3, 0.4) is 0 Å². The Kier molecular flexibility index (Phi) is 1.45. The SMILES string of the molecule is CC1(CC(=N)N)COC1. The van der Waals surface area contributed by atoms with Crippen LogP contribution in [0, 0.1) is 10.8 Å². The van der Waals surface area contributed by atoms with Gasteiger partial charge in [0.15, 0.2) is 0 Å². The third kappa shape index (κ3) is 1.42. The normalized spacial score (nSPS) is 22.8. The van der Waals surface area contributed by atoms with Crippen molar-refractivity contribution < 1.29 is 4.74 Å². The summed E-state index contributed by atoms with van der Waals surface area (Å²) in [6.07, 6.45) is 0.674. The first-order valence-corrected chi connectivity index (χ1v) is 3.03. The van der Waals surface area contributed by atoms with Gasteiger partial charge in [0.1, 0.15) is 0 Å². The van der Waals surface area contributed by atoms with Gasteiger partial charge in [0, 0.05) is 11.8 Å². The molecule has 0 unspecified atom stereocenters. The van der Waals surface area contributed by atoms with E-state index in [1.165, 1.54) is 0 Å². The van der Waals surface area contributed by atoms with Crippen molar-refractivity contribution in [2.45, 2.75) is 13.3 Å². The summed E-state index contributed by atoms with van der Waals surface area (Å²) in [5.41, 5.74) is 5.39. The minimum Gasteiger partial charge on any atom is -0.388 e. The maximum absolute atomic E-state index is 7.01. The van der Waals surface area contributed by atoms with Gasteiger partial charge in [-0.05, 0) is 0 Å². The number of hydrogen-bond donors (Lipinski definition) is 2. The Morgan fingerprint density at radius 2 is 2.33 bits per heavy atom. The first-order chi connectivity index (χ1) is 4.12. The highest BCUT2D eigenvalue weighted by Gasteiger charge is 2.33. The van der Waals surface area contributed by atoms with Crippen molar-refractivity contribution in [1.82, 2.24) is 0 Å². The van der Waals surface area contributed by atoms with Crippen molar-refractivity contribution >= 4 is 5.84 Å². The third-order valence-electron chi connectivity index (χ3n) is 1.52. The molecule has 1 saturated heterocycles. The minimum absolute atomic E-state index is 0.172. The molecule has 3 heteroatoms. The highest BCUT2D eigenvalue weighted by atomic mass is 16.5. The van der Waals surface area contributed by atoms with Crippen LogP contribution in [-0.2, 0) is 4.74 Å². The van der Waals surface area contributed by atoms with Gasteiger partial charge in [-0.25, -0.2) is 0 Å². The van der Waals surface area contributed by atoms with Gasteiger partial charge < -0.3 is 10.5 Å². The third-order valence-corrected chi connectivity index (χ3v) is 1.52. The summed E-state index contributed by atoms with van der Waals surface area (Å²) in [6, 6.07) is 0. The van der Waals surface area contributed by atoms with Crippen LogP contribution in [0.1, 0.15) is 13.3 Å². The Morgan fingerprint density at radius 3 is 2.44 bits per heavy atom. The van der Waals surface area contributed by atoms with Crippen molar-refractivity contribution in [2.24, 2.45) is 11.1 Å². The van der Waals surface area contributed by atoms with E-state index in [-0.39, 0.29) is 11.3 Å². The van der Waals surface area contributed by atoms with Crippen molar-refractivity contribution in [3.8, 4) is 0 Å². The molecule has 0 aromatic carbocycles. The molecule has 52 valence electrons. The Bertz CT molecular complexity index is 129. The summed E-state index contributed by atoms with van der Waals surface area (Å²) in [4.78, 5) is 0. The Balaban J connectivity index is 2.33. The maximum Gasteiger partial charge on any atom is 0.0912 e. The quantitative estimate of drug-likeness (QED) is 0.416. The molecule has 9 heavy (non-hydrogen) atoms. The fourth-order valence-electron chi connectivity index (χ4n) is 1.01. The zero-order valence-electron chi connectivity index (χ0n) is 5.61.